The van der Waals surface area contributed by atoms with Crippen molar-refractivity contribution in [2.24, 2.45) is 0 Å². The van der Waals surface area contributed by atoms with Gasteiger partial charge in [-0.25, -0.2) is 0 Å². The molecule has 5 heteroatoms. The van der Waals surface area contributed by atoms with Gasteiger partial charge in [0.1, 0.15) is 6.54 Å². The van der Waals surface area contributed by atoms with Crippen molar-refractivity contribution in [3.63, 3.8) is 0 Å². The average molecular weight is 252 g/mol. The van der Waals surface area contributed by atoms with Crippen LogP contribution in [0.25, 0.3) is 0 Å². The zero-order chi connectivity index (χ0) is 13.7. The van der Waals surface area contributed by atoms with Crippen molar-refractivity contribution in [2.45, 2.75) is 32.9 Å². The highest BCUT2D eigenvalue weighted by Crippen LogP contribution is 1.96. The molecule has 1 heterocycles. The van der Waals surface area contributed by atoms with Crippen molar-refractivity contribution < 1.29 is 9.90 Å². The van der Waals surface area contributed by atoms with E-state index in [2.05, 4.69) is 0 Å². The molecule has 1 unspecified atom stereocenters. The van der Waals surface area contributed by atoms with Crippen molar-refractivity contribution in [1.29, 1.82) is 0 Å². The molecule has 0 radical (unpaired) electrons. The van der Waals surface area contributed by atoms with E-state index >= 15 is 0 Å². The number of hydrogen-bond donors (Lipinski definition) is 1. The SMILES string of the molecule is Cc1cccn(CC(=O)N(C)CCC(C)O)c1=O. The molecule has 0 bridgehead atoms. The van der Waals surface area contributed by atoms with Crippen molar-refractivity contribution in [1.82, 2.24) is 9.47 Å². The van der Waals surface area contributed by atoms with Gasteiger partial charge in [0.2, 0.25) is 5.91 Å². The van der Waals surface area contributed by atoms with E-state index < -0.39 is 6.10 Å². The highest BCUT2D eigenvalue weighted by molar-refractivity contribution is 5.75. The van der Waals surface area contributed by atoms with Crippen LogP contribution in [0.1, 0.15) is 18.9 Å². The summed E-state index contributed by atoms with van der Waals surface area (Å²) in [5.74, 6) is -0.136. The maximum absolute atomic E-state index is 11.9. The second-order valence-electron chi connectivity index (χ2n) is 4.58. The molecule has 1 rings (SSSR count). The number of carbonyl (C=O) groups excluding carboxylic acids is 1. The van der Waals surface area contributed by atoms with Crippen LogP contribution in [0.2, 0.25) is 0 Å². The normalized spacial score (nSPS) is 12.2. The Hall–Kier alpha value is -1.62. The first-order chi connectivity index (χ1) is 8.41. The van der Waals surface area contributed by atoms with E-state index in [0.717, 1.165) is 0 Å². The molecule has 0 fully saturated rings. The molecule has 0 spiro atoms. The summed E-state index contributed by atoms with van der Waals surface area (Å²) in [7, 11) is 1.67. The van der Waals surface area contributed by atoms with Gasteiger partial charge in [0, 0.05) is 25.4 Å². The van der Waals surface area contributed by atoms with Gasteiger partial charge < -0.3 is 14.6 Å². The van der Waals surface area contributed by atoms with Gasteiger partial charge in [0.15, 0.2) is 0 Å². The van der Waals surface area contributed by atoms with E-state index in [4.69, 9.17) is 5.11 Å². The Morgan fingerprint density at radius 1 is 1.56 bits per heavy atom. The lowest BCUT2D eigenvalue weighted by atomic mass is 10.2. The summed E-state index contributed by atoms with van der Waals surface area (Å²) < 4.78 is 1.40. The van der Waals surface area contributed by atoms with Crippen molar-refractivity contribution >= 4 is 5.91 Å². The first-order valence-corrected chi connectivity index (χ1v) is 6.00. The quantitative estimate of drug-likeness (QED) is 0.824. The molecular weight excluding hydrogens is 232 g/mol. The molecule has 0 aromatic carbocycles. The number of pyridine rings is 1. The number of aromatic nitrogens is 1. The summed E-state index contributed by atoms with van der Waals surface area (Å²) in [4.78, 5) is 25.1. The van der Waals surface area contributed by atoms with Gasteiger partial charge in [0.05, 0.1) is 6.10 Å². The van der Waals surface area contributed by atoms with E-state index in [-0.39, 0.29) is 18.0 Å². The molecule has 0 aliphatic heterocycles. The minimum absolute atomic E-state index is 0.0385. The van der Waals surface area contributed by atoms with Crippen molar-refractivity contribution in [2.75, 3.05) is 13.6 Å². The van der Waals surface area contributed by atoms with Crippen LogP contribution in [0.3, 0.4) is 0 Å². The predicted octanol–water partition coefficient (Wildman–Crippen LogP) is 0.386. The molecular formula is C13H20N2O3. The lowest BCUT2D eigenvalue weighted by Crippen LogP contribution is -2.35. The summed E-state index contributed by atoms with van der Waals surface area (Å²) in [6, 6.07) is 3.47. The lowest BCUT2D eigenvalue weighted by Gasteiger charge is -2.18. The van der Waals surface area contributed by atoms with Crippen LogP contribution >= 0.6 is 0 Å². The van der Waals surface area contributed by atoms with E-state index in [0.29, 0.717) is 18.5 Å². The van der Waals surface area contributed by atoms with E-state index in [1.165, 1.54) is 9.47 Å². The third-order valence-electron chi connectivity index (χ3n) is 2.82. The maximum atomic E-state index is 11.9. The number of carbonyl (C=O) groups is 1. The van der Waals surface area contributed by atoms with Crippen LogP contribution in [0.15, 0.2) is 23.1 Å². The topological polar surface area (TPSA) is 62.5 Å². The summed E-state index contributed by atoms with van der Waals surface area (Å²) in [5, 5.41) is 9.16. The number of rotatable bonds is 5. The van der Waals surface area contributed by atoms with E-state index in [1.807, 2.05) is 0 Å². The number of hydrogen-bond acceptors (Lipinski definition) is 3. The van der Waals surface area contributed by atoms with Crippen LogP contribution in [-0.4, -0.2) is 40.2 Å². The van der Waals surface area contributed by atoms with Crippen LogP contribution in [0.4, 0.5) is 0 Å². The van der Waals surface area contributed by atoms with Crippen LogP contribution in [0.5, 0.6) is 0 Å². The van der Waals surface area contributed by atoms with Gasteiger partial charge in [-0.1, -0.05) is 6.07 Å². The highest BCUT2D eigenvalue weighted by Gasteiger charge is 2.11. The Bertz CT molecular complexity index is 466. The Morgan fingerprint density at radius 3 is 2.83 bits per heavy atom. The van der Waals surface area contributed by atoms with Crippen LogP contribution < -0.4 is 5.56 Å². The number of likely N-dealkylation sites (N-methyl/N-ethyl adjacent to an activating group) is 1. The second-order valence-corrected chi connectivity index (χ2v) is 4.58. The Morgan fingerprint density at radius 2 is 2.22 bits per heavy atom. The number of amides is 1. The summed E-state index contributed by atoms with van der Waals surface area (Å²) in [6.07, 6.45) is 1.71. The molecule has 0 saturated carbocycles. The Balaban J connectivity index is 2.64. The zero-order valence-electron chi connectivity index (χ0n) is 11.1. The van der Waals surface area contributed by atoms with E-state index in [9.17, 15) is 9.59 Å². The molecule has 5 nitrogen and oxygen atoms in total. The van der Waals surface area contributed by atoms with Crippen LogP contribution in [0, 0.1) is 6.92 Å². The van der Waals surface area contributed by atoms with Crippen molar-refractivity contribution in [3.8, 4) is 0 Å². The predicted molar refractivity (Wildman–Crippen MR) is 69.4 cm³/mol. The first-order valence-electron chi connectivity index (χ1n) is 6.00. The minimum atomic E-state index is -0.429. The molecule has 1 aromatic heterocycles. The third kappa shape index (κ3) is 4.00. The van der Waals surface area contributed by atoms with E-state index in [1.54, 1.807) is 39.2 Å². The standard InChI is InChI=1S/C13H20N2O3/c1-10-5-4-7-15(13(10)18)9-12(17)14(3)8-6-11(2)16/h4-5,7,11,16H,6,8-9H2,1-3H3. The molecule has 1 atom stereocenters. The highest BCUT2D eigenvalue weighted by atomic mass is 16.3. The van der Waals surface area contributed by atoms with Gasteiger partial charge in [-0.15, -0.1) is 0 Å². The number of nitrogens with zero attached hydrogens (tertiary/aromatic N) is 2. The summed E-state index contributed by atoms with van der Waals surface area (Å²) >= 11 is 0. The monoisotopic (exact) mass is 252 g/mol. The minimum Gasteiger partial charge on any atom is -0.393 e. The summed E-state index contributed by atoms with van der Waals surface area (Å²) in [5.41, 5.74) is 0.478. The smallest absolute Gasteiger partial charge is 0.253 e. The second kappa shape index (κ2) is 6.35. The van der Waals surface area contributed by atoms with Gasteiger partial charge in [0.25, 0.3) is 5.56 Å². The number of aliphatic hydroxyl groups excluding tert-OH is 1. The van der Waals surface area contributed by atoms with Gasteiger partial charge >= 0.3 is 0 Å². The molecule has 0 aliphatic rings. The number of aryl methyl sites for hydroxylation is 1. The largest absolute Gasteiger partial charge is 0.393 e. The summed E-state index contributed by atoms with van der Waals surface area (Å²) in [6.45, 7) is 3.93. The van der Waals surface area contributed by atoms with Crippen molar-refractivity contribution in [3.05, 3.63) is 34.2 Å². The molecule has 0 saturated heterocycles. The Kier molecular flexibility index (Phi) is 5.09. The van der Waals surface area contributed by atoms with Gasteiger partial charge in [-0.2, -0.15) is 0 Å². The fraction of sp³-hybridized carbons (Fsp3) is 0.538. The van der Waals surface area contributed by atoms with Gasteiger partial charge in [-0.3, -0.25) is 9.59 Å². The lowest BCUT2D eigenvalue weighted by molar-refractivity contribution is -0.130. The molecule has 1 amide bonds. The van der Waals surface area contributed by atoms with Gasteiger partial charge in [-0.05, 0) is 26.3 Å². The molecule has 1 aromatic rings. The Labute approximate surface area is 107 Å². The number of aliphatic hydroxyl groups is 1. The third-order valence-corrected chi connectivity index (χ3v) is 2.82. The molecule has 100 valence electrons. The molecule has 0 aliphatic carbocycles. The molecule has 18 heavy (non-hydrogen) atoms. The fourth-order valence-electron chi connectivity index (χ4n) is 1.55. The first kappa shape index (κ1) is 14.4. The zero-order valence-corrected chi connectivity index (χ0v) is 11.1. The molecule has 1 N–H and O–H groups in total. The maximum Gasteiger partial charge on any atom is 0.253 e. The average Bonchev–Trinajstić information content (AvgIpc) is 2.31. The fourth-order valence-corrected chi connectivity index (χ4v) is 1.55. The van der Waals surface area contributed by atoms with Crippen LogP contribution in [-0.2, 0) is 11.3 Å².